The van der Waals surface area contributed by atoms with E-state index in [9.17, 15) is 4.39 Å². The highest BCUT2D eigenvalue weighted by Crippen LogP contribution is 2.17. The summed E-state index contributed by atoms with van der Waals surface area (Å²) in [5.41, 5.74) is 0.196. The number of alkyl halides is 1. The minimum Gasteiger partial charge on any atom is -0.311 e. The van der Waals surface area contributed by atoms with E-state index in [1.54, 1.807) is 0 Å². The normalized spacial score (nSPS) is 27.5. The van der Waals surface area contributed by atoms with Gasteiger partial charge in [0.15, 0.2) is 6.30 Å². The Labute approximate surface area is 74.1 Å². The van der Waals surface area contributed by atoms with Crippen molar-refractivity contribution in [2.75, 3.05) is 26.2 Å². The summed E-state index contributed by atoms with van der Waals surface area (Å²) in [5.74, 6) is 0. The highest BCUT2D eigenvalue weighted by Gasteiger charge is 2.25. The van der Waals surface area contributed by atoms with Gasteiger partial charge < -0.3 is 5.32 Å². The van der Waals surface area contributed by atoms with E-state index in [1.165, 1.54) is 0 Å². The SMILES string of the molecule is CC(C)(C)CN1CCNCC1F. The average Bonchev–Trinajstić information content (AvgIpc) is 1.91. The summed E-state index contributed by atoms with van der Waals surface area (Å²) in [6.45, 7) is 9.49. The zero-order valence-electron chi connectivity index (χ0n) is 8.23. The molecule has 2 nitrogen and oxygen atoms in total. The third-order valence-electron chi connectivity index (χ3n) is 1.96. The summed E-state index contributed by atoms with van der Waals surface area (Å²) in [4.78, 5) is 1.91. The van der Waals surface area contributed by atoms with E-state index in [-0.39, 0.29) is 5.41 Å². The van der Waals surface area contributed by atoms with Gasteiger partial charge >= 0.3 is 0 Å². The van der Waals surface area contributed by atoms with Gasteiger partial charge in [-0.2, -0.15) is 0 Å². The van der Waals surface area contributed by atoms with Crippen LogP contribution >= 0.6 is 0 Å². The summed E-state index contributed by atoms with van der Waals surface area (Å²) in [6, 6.07) is 0. The minimum absolute atomic E-state index is 0.196. The molecule has 1 heterocycles. The Morgan fingerprint density at radius 1 is 1.50 bits per heavy atom. The van der Waals surface area contributed by atoms with Gasteiger partial charge in [0.1, 0.15) is 0 Å². The molecule has 1 aliphatic heterocycles. The first-order valence-corrected chi connectivity index (χ1v) is 4.58. The Bertz CT molecular complexity index is 142. The lowest BCUT2D eigenvalue weighted by molar-refractivity contribution is 0.0322. The summed E-state index contributed by atoms with van der Waals surface area (Å²) in [7, 11) is 0. The molecule has 1 rings (SSSR count). The summed E-state index contributed by atoms with van der Waals surface area (Å²) >= 11 is 0. The highest BCUT2D eigenvalue weighted by atomic mass is 19.1. The van der Waals surface area contributed by atoms with Gasteiger partial charge in [-0.25, -0.2) is 4.39 Å². The monoisotopic (exact) mass is 174 g/mol. The van der Waals surface area contributed by atoms with Crippen LogP contribution in [0, 0.1) is 5.41 Å². The van der Waals surface area contributed by atoms with Gasteiger partial charge in [0, 0.05) is 26.2 Å². The molecular weight excluding hydrogens is 155 g/mol. The van der Waals surface area contributed by atoms with Crippen LogP contribution in [0.15, 0.2) is 0 Å². The van der Waals surface area contributed by atoms with E-state index in [0.29, 0.717) is 6.54 Å². The maximum absolute atomic E-state index is 13.2. The highest BCUT2D eigenvalue weighted by molar-refractivity contribution is 4.76. The van der Waals surface area contributed by atoms with Crippen LogP contribution in [0.4, 0.5) is 4.39 Å². The number of rotatable bonds is 1. The second kappa shape index (κ2) is 3.71. The van der Waals surface area contributed by atoms with Gasteiger partial charge in [-0.05, 0) is 5.41 Å². The van der Waals surface area contributed by atoms with Crippen molar-refractivity contribution < 1.29 is 4.39 Å². The number of nitrogens with zero attached hydrogens (tertiary/aromatic N) is 1. The first-order chi connectivity index (χ1) is 5.49. The fourth-order valence-electron chi connectivity index (χ4n) is 1.50. The van der Waals surface area contributed by atoms with Crippen molar-refractivity contribution in [1.29, 1.82) is 0 Å². The summed E-state index contributed by atoms with van der Waals surface area (Å²) in [5, 5.41) is 3.03. The Balaban J connectivity index is 2.39. The molecule has 0 aromatic heterocycles. The second-order valence-electron chi connectivity index (χ2n) is 4.67. The van der Waals surface area contributed by atoms with Crippen molar-refractivity contribution in [3.05, 3.63) is 0 Å². The summed E-state index contributed by atoms with van der Waals surface area (Å²) in [6.07, 6.45) is -0.794. The van der Waals surface area contributed by atoms with Crippen molar-refractivity contribution >= 4 is 0 Å². The predicted molar refractivity (Wildman–Crippen MR) is 48.8 cm³/mol. The van der Waals surface area contributed by atoms with Crippen molar-refractivity contribution in [1.82, 2.24) is 10.2 Å². The molecule has 1 aliphatic rings. The molecule has 0 spiro atoms. The number of hydrogen-bond donors (Lipinski definition) is 1. The number of hydrogen-bond acceptors (Lipinski definition) is 2. The van der Waals surface area contributed by atoms with Crippen molar-refractivity contribution in [3.8, 4) is 0 Å². The molecule has 0 amide bonds. The van der Waals surface area contributed by atoms with Gasteiger partial charge in [0.25, 0.3) is 0 Å². The summed E-state index contributed by atoms with van der Waals surface area (Å²) < 4.78 is 13.2. The van der Waals surface area contributed by atoms with E-state index >= 15 is 0 Å². The van der Waals surface area contributed by atoms with Crippen LogP contribution in [0.5, 0.6) is 0 Å². The molecule has 0 bridgehead atoms. The van der Waals surface area contributed by atoms with Gasteiger partial charge in [-0.1, -0.05) is 20.8 Å². The van der Waals surface area contributed by atoms with E-state index in [1.807, 2.05) is 4.90 Å². The molecule has 1 unspecified atom stereocenters. The van der Waals surface area contributed by atoms with Crippen LogP contribution in [-0.4, -0.2) is 37.4 Å². The van der Waals surface area contributed by atoms with Crippen LogP contribution in [0.2, 0.25) is 0 Å². The van der Waals surface area contributed by atoms with E-state index in [4.69, 9.17) is 0 Å². The second-order valence-corrected chi connectivity index (χ2v) is 4.67. The lowest BCUT2D eigenvalue weighted by Gasteiger charge is -2.35. The lowest BCUT2D eigenvalue weighted by atomic mass is 9.96. The predicted octanol–water partition coefficient (Wildman–Crippen LogP) is 1.23. The average molecular weight is 174 g/mol. The first kappa shape index (κ1) is 9.93. The van der Waals surface area contributed by atoms with Gasteiger partial charge in [-0.15, -0.1) is 0 Å². The topological polar surface area (TPSA) is 15.3 Å². The van der Waals surface area contributed by atoms with Crippen LogP contribution < -0.4 is 5.32 Å². The standard InChI is InChI=1S/C9H19FN2/c1-9(2,3)7-12-5-4-11-6-8(12)10/h8,11H,4-7H2,1-3H3. The quantitative estimate of drug-likeness (QED) is 0.602. The molecule has 1 N–H and O–H groups in total. The fourth-order valence-corrected chi connectivity index (χ4v) is 1.50. The van der Waals surface area contributed by atoms with E-state index in [2.05, 4.69) is 26.1 Å². The zero-order valence-corrected chi connectivity index (χ0v) is 8.23. The maximum Gasteiger partial charge on any atom is 0.166 e. The van der Waals surface area contributed by atoms with Gasteiger partial charge in [-0.3, -0.25) is 4.90 Å². The minimum atomic E-state index is -0.794. The van der Waals surface area contributed by atoms with Crippen molar-refractivity contribution in [3.63, 3.8) is 0 Å². The molecule has 0 aromatic rings. The van der Waals surface area contributed by atoms with E-state index < -0.39 is 6.30 Å². The molecule has 0 aliphatic carbocycles. The Hall–Kier alpha value is -0.150. The third-order valence-corrected chi connectivity index (χ3v) is 1.96. The van der Waals surface area contributed by atoms with Crippen molar-refractivity contribution in [2.45, 2.75) is 27.1 Å². The Morgan fingerprint density at radius 2 is 2.17 bits per heavy atom. The first-order valence-electron chi connectivity index (χ1n) is 4.58. The third kappa shape index (κ3) is 3.07. The molecule has 0 aromatic carbocycles. The van der Waals surface area contributed by atoms with Gasteiger partial charge in [0.05, 0.1) is 0 Å². The Morgan fingerprint density at radius 3 is 2.67 bits per heavy atom. The molecule has 0 radical (unpaired) electrons. The number of piperazine rings is 1. The molecule has 12 heavy (non-hydrogen) atoms. The molecular formula is C9H19FN2. The molecule has 3 heteroatoms. The maximum atomic E-state index is 13.2. The molecule has 72 valence electrons. The zero-order chi connectivity index (χ0) is 9.19. The van der Waals surface area contributed by atoms with Crippen LogP contribution in [-0.2, 0) is 0 Å². The van der Waals surface area contributed by atoms with Gasteiger partial charge in [0.2, 0.25) is 0 Å². The molecule has 1 atom stereocenters. The van der Waals surface area contributed by atoms with Crippen LogP contribution in [0.3, 0.4) is 0 Å². The van der Waals surface area contributed by atoms with E-state index in [0.717, 1.165) is 19.6 Å². The number of nitrogens with one attached hydrogen (secondary N) is 1. The molecule has 0 saturated carbocycles. The lowest BCUT2D eigenvalue weighted by Crippen LogP contribution is -2.51. The van der Waals surface area contributed by atoms with Crippen LogP contribution in [0.1, 0.15) is 20.8 Å². The molecule has 1 saturated heterocycles. The Kier molecular flexibility index (Phi) is 3.07. The smallest absolute Gasteiger partial charge is 0.166 e. The fraction of sp³-hybridized carbons (Fsp3) is 1.00. The van der Waals surface area contributed by atoms with Crippen LogP contribution in [0.25, 0.3) is 0 Å². The number of halogens is 1. The largest absolute Gasteiger partial charge is 0.311 e. The molecule has 1 fully saturated rings. The van der Waals surface area contributed by atoms with Crippen molar-refractivity contribution in [2.24, 2.45) is 5.41 Å².